The van der Waals surface area contributed by atoms with Crippen LogP contribution in [0.25, 0.3) is 0 Å². The number of hydrogen-bond donors (Lipinski definition) is 2. The first-order chi connectivity index (χ1) is 35.0. The predicted octanol–water partition coefficient (Wildman–Crippen LogP) is 5.97. The van der Waals surface area contributed by atoms with E-state index >= 15 is 0 Å². The van der Waals surface area contributed by atoms with Gasteiger partial charge in [-0.2, -0.15) is 0 Å². The van der Waals surface area contributed by atoms with Gasteiger partial charge >= 0.3 is 0 Å². The number of sulfonamides is 2. The second-order valence-electron chi connectivity index (χ2n) is 16.7. The Balaban J connectivity index is 1.20. The van der Waals surface area contributed by atoms with Crippen molar-refractivity contribution in [2.45, 2.75) is 35.5 Å². The lowest BCUT2D eigenvalue weighted by Gasteiger charge is -2.23. The van der Waals surface area contributed by atoms with Gasteiger partial charge in [-0.05, 0) is 68.8 Å². The molecule has 2 aliphatic rings. The van der Waals surface area contributed by atoms with Crippen LogP contribution in [-0.4, -0.2) is 108 Å². The normalized spacial score (nSPS) is 15.2. The highest BCUT2D eigenvalue weighted by atomic mass is 32.2. The van der Waals surface area contributed by atoms with Gasteiger partial charge in [-0.15, -0.1) is 0 Å². The first kappa shape index (κ1) is 51.6. The minimum Gasteiger partial charge on any atom is -0.491 e. The van der Waals surface area contributed by atoms with Crippen LogP contribution in [0.1, 0.15) is 44.5 Å². The summed E-state index contributed by atoms with van der Waals surface area (Å²) in [6.45, 7) is 1.74. The summed E-state index contributed by atoms with van der Waals surface area (Å²) in [7, 11) is -8.37. The minimum absolute atomic E-state index is 0.0618. The van der Waals surface area contributed by atoms with E-state index in [1.54, 1.807) is 36.4 Å². The molecule has 0 aromatic heterocycles. The van der Waals surface area contributed by atoms with E-state index in [9.17, 15) is 26.4 Å². The highest BCUT2D eigenvalue weighted by Crippen LogP contribution is 2.39. The monoisotopic (exact) mass is 1020 g/mol. The Morgan fingerprint density at radius 1 is 0.375 bits per heavy atom. The molecule has 6 aromatic rings. The van der Waals surface area contributed by atoms with Crippen LogP contribution in [0.2, 0.25) is 0 Å². The molecule has 2 amide bonds. The average Bonchev–Trinajstić information content (AvgIpc) is 3.37. The molecule has 16 nitrogen and oxygen atoms in total. The van der Waals surface area contributed by atoms with Gasteiger partial charge in [-0.3, -0.25) is 9.59 Å². The molecule has 0 spiro atoms. The SMILES string of the molecule is O=C(COc1c2cccc1Cc1cccc3c1OCCOCCOCCOCCOCCOc1c(cccc1Cc1cccc(c1OCC(=O)NS(=O)(=O)c1ccccc1)C3)C2)NS(=O)(=O)c1ccccc1. The van der Waals surface area contributed by atoms with E-state index in [1.165, 1.54) is 24.3 Å². The maximum atomic E-state index is 13.4. The van der Waals surface area contributed by atoms with Crippen molar-refractivity contribution >= 4 is 31.9 Å². The maximum absolute atomic E-state index is 13.4. The molecule has 378 valence electrons. The van der Waals surface area contributed by atoms with E-state index < -0.39 is 45.1 Å². The van der Waals surface area contributed by atoms with E-state index in [1.807, 2.05) is 72.8 Å². The summed E-state index contributed by atoms with van der Waals surface area (Å²) < 4.78 is 106. The number of carbonyl (C=O) groups excluding carboxylic acids is 2. The third-order valence-electron chi connectivity index (χ3n) is 11.6. The predicted molar refractivity (Wildman–Crippen MR) is 266 cm³/mol. The number of ether oxygens (including phenoxy) is 8. The Morgan fingerprint density at radius 3 is 0.958 bits per heavy atom. The minimum atomic E-state index is -4.18. The smallest absolute Gasteiger partial charge is 0.271 e. The largest absolute Gasteiger partial charge is 0.491 e. The number of rotatable bonds is 10. The zero-order valence-electron chi connectivity index (χ0n) is 39.5. The van der Waals surface area contributed by atoms with E-state index in [-0.39, 0.29) is 61.9 Å². The Kier molecular flexibility index (Phi) is 17.9. The molecule has 1 heterocycles. The Labute approximate surface area is 419 Å². The first-order valence-electron chi connectivity index (χ1n) is 23.5. The van der Waals surface area contributed by atoms with Gasteiger partial charge in [0.25, 0.3) is 31.9 Å². The Morgan fingerprint density at radius 2 is 0.653 bits per heavy atom. The van der Waals surface area contributed by atoms with E-state index in [4.69, 9.17) is 37.9 Å². The van der Waals surface area contributed by atoms with Gasteiger partial charge < -0.3 is 37.9 Å². The zero-order chi connectivity index (χ0) is 50.2. The topological polar surface area (TPSA) is 200 Å². The van der Waals surface area contributed by atoms with Gasteiger partial charge in [-0.1, -0.05) is 109 Å². The molecule has 0 saturated carbocycles. The fourth-order valence-electron chi connectivity index (χ4n) is 8.35. The van der Waals surface area contributed by atoms with Crippen molar-refractivity contribution in [3.63, 3.8) is 0 Å². The molecule has 18 heteroatoms. The van der Waals surface area contributed by atoms with Gasteiger partial charge in [0.1, 0.15) is 36.2 Å². The van der Waals surface area contributed by atoms with Crippen LogP contribution in [0.5, 0.6) is 23.0 Å². The molecule has 72 heavy (non-hydrogen) atoms. The van der Waals surface area contributed by atoms with Gasteiger partial charge in [0.05, 0.1) is 62.6 Å². The molecule has 1 aliphatic heterocycles. The molecule has 0 atom stereocenters. The average molecular weight is 1020 g/mol. The van der Waals surface area contributed by atoms with Gasteiger partial charge in [0, 0.05) is 25.7 Å². The summed E-state index contributed by atoms with van der Waals surface area (Å²) in [5, 5.41) is 0. The van der Waals surface area contributed by atoms with Crippen LogP contribution in [-0.2, 0) is 74.3 Å². The molecular weight excluding hydrogens is 965 g/mol. The van der Waals surface area contributed by atoms with Crippen molar-refractivity contribution in [1.82, 2.24) is 9.44 Å². The number of nitrogens with one attached hydrogen (secondary N) is 2. The molecule has 1 aliphatic carbocycles. The highest BCUT2D eigenvalue weighted by Gasteiger charge is 2.25. The number of amides is 2. The van der Waals surface area contributed by atoms with E-state index in [2.05, 4.69) is 9.44 Å². The van der Waals surface area contributed by atoms with E-state index in [0.717, 1.165) is 22.3 Å². The van der Waals surface area contributed by atoms with Gasteiger partial charge in [0.2, 0.25) is 0 Å². The molecule has 0 saturated heterocycles. The van der Waals surface area contributed by atoms with Crippen LogP contribution in [0.15, 0.2) is 143 Å². The van der Waals surface area contributed by atoms with E-state index in [0.29, 0.717) is 84.9 Å². The summed E-state index contributed by atoms with van der Waals surface area (Å²) in [6.07, 6.45) is 1.03. The van der Waals surface area contributed by atoms with Crippen LogP contribution in [0.3, 0.4) is 0 Å². The maximum Gasteiger partial charge on any atom is 0.271 e. The number of para-hydroxylation sites is 4. The van der Waals surface area contributed by atoms with Crippen LogP contribution in [0.4, 0.5) is 0 Å². The van der Waals surface area contributed by atoms with Gasteiger partial charge in [-0.25, -0.2) is 26.3 Å². The molecule has 8 rings (SSSR count). The van der Waals surface area contributed by atoms with Crippen molar-refractivity contribution in [3.8, 4) is 23.0 Å². The quantitative estimate of drug-likeness (QED) is 0.162. The Hall–Kier alpha value is -6.80. The van der Waals surface area contributed by atoms with Crippen molar-refractivity contribution in [3.05, 3.63) is 178 Å². The lowest BCUT2D eigenvalue weighted by atomic mass is 9.91. The summed E-state index contributed by atoms with van der Waals surface area (Å²) in [5.41, 5.74) is 5.82. The molecular formula is C54H56N2O14S2. The summed E-state index contributed by atoms with van der Waals surface area (Å²) in [6, 6.07) is 38.2. The third-order valence-corrected chi connectivity index (χ3v) is 14.4. The van der Waals surface area contributed by atoms with Crippen LogP contribution in [0, 0.1) is 0 Å². The Bertz CT molecular complexity index is 2740. The molecule has 0 radical (unpaired) electrons. The standard InChI is InChI=1S/C54H56N2O14S2/c57-49(55-71(59,60)47-19-3-1-4-20-47)37-69-53-43-15-9-16-44(53)34-40-12-8-14-42-36-46-18-10-17-45(54(46)70-38-50(58)56-72(61,62)48-21-5-2-6-22-48)35-41-13-7-11-39(33-43)51(41)67-31-29-65-27-25-63-23-24-64-26-28-66-30-32-68-52(40)42/h1-22H,23-38H2,(H,55,57)(H,56,58). The summed E-state index contributed by atoms with van der Waals surface area (Å²) in [4.78, 5) is 26.8. The van der Waals surface area contributed by atoms with Crippen molar-refractivity contribution < 1.29 is 64.3 Å². The number of fused-ring (bicyclic) bond motifs is 2. The van der Waals surface area contributed by atoms with Crippen molar-refractivity contribution in [1.29, 1.82) is 0 Å². The second kappa shape index (κ2) is 25.0. The van der Waals surface area contributed by atoms with Crippen molar-refractivity contribution in [2.24, 2.45) is 0 Å². The molecule has 0 fully saturated rings. The molecule has 2 N–H and O–H groups in total. The number of hydrogen-bond acceptors (Lipinski definition) is 14. The molecule has 6 aromatic carbocycles. The lowest BCUT2D eigenvalue weighted by molar-refractivity contribution is -0.122. The van der Waals surface area contributed by atoms with Crippen LogP contribution >= 0.6 is 0 Å². The third kappa shape index (κ3) is 14.0. The fraction of sp³-hybridized carbons (Fsp3) is 0.296. The second-order valence-corrected chi connectivity index (χ2v) is 20.1. The first-order valence-corrected chi connectivity index (χ1v) is 26.5. The highest BCUT2D eigenvalue weighted by molar-refractivity contribution is 7.90. The lowest BCUT2D eigenvalue weighted by Crippen LogP contribution is -2.34. The molecule has 10 bridgehead atoms. The summed E-state index contributed by atoms with van der Waals surface area (Å²) >= 11 is 0. The fourth-order valence-corrected chi connectivity index (χ4v) is 10.3. The summed E-state index contributed by atoms with van der Waals surface area (Å²) in [5.74, 6) is 0.159. The zero-order valence-corrected chi connectivity index (χ0v) is 41.2. The number of benzene rings is 6. The van der Waals surface area contributed by atoms with Crippen molar-refractivity contribution in [2.75, 3.05) is 79.3 Å². The number of carbonyl (C=O) groups is 2. The van der Waals surface area contributed by atoms with Gasteiger partial charge in [0.15, 0.2) is 13.2 Å². The van der Waals surface area contributed by atoms with Crippen LogP contribution < -0.4 is 28.4 Å². The molecule has 0 unspecified atom stereocenters.